The lowest BCUT2D eigenvalue weighted by molar-refractivity contribution is 0.0990. The van der Waals surface area contributed by atoms with Crippen molar-refractivity contribution in [2.45, 2.75) is 6.54 Å². The van der Waals surface area contributed by atoms with Crippen LogP contribution in [0.3, 0.4) is 0 Å². The summed E-state index contributed by atoms with van der Waals surface area (Å²) < 4.78 is 21.9. The van der Waals surface area contributed by atoms with Crippen molar-refractivity contribution in [3.05, 3.63) is 52.8 Å². The number of aromatic nitrogens is 2. The van der Waals surface area contributed by atoms with Gasteiger partial charge in [-0.2, -0.15) is 0 Å². The topological polar surface area (TPSA) is 127 Å². The van der Waals surface area contributed by atoms with Crippen LogP contribution in [0.15, 0.2) is 36.0 Å². The Balaban J connectivity index is 1.31. The number of methoxy groups -OCH3 is 2. The number of pyridine rings is 1. The third-order valence-electron chi connectivity index (χ3n) is 6.52. The van der Waals surface area contributed by atoms with Crippen LogP contribution in [-0.2, 0) is 16.0 Å². The van der Waals surface area contributed by atoms with E-state index in [-0.39, 0.29) is 17.5 Å². The number of nitrogens with one attached hydrogen (secondary N) is 2. The Labute approximate surface area is 236 Å². The Morgan fingerprint density at radius 1 is 1.07 bits per heavy atom. The number of amides is 2. The van der Waals surface area contributed by atoms with E-state index in [4.69, 9.17) is 18.9 Å². The second kappa shape index (κ2) is 13.0. The molecule has 0 aliphatic carbocycles. The first-order valence-corrected chi connectivity index (χ1v) is 13.9. The molecule has 3 aromatic rings. The van der Waals surface area contributed by atoms with Gasteiger partial charge in [0, 0.05) is 57.5 Å². The zero-order valence-corrected chi connectivity index (χ0v) is 23.3. The summed E-state index contributed by atoms with van der Waals surface area (Å²) in [6.07, 6.45) is 3.36. The number of fused-ring (bicyclic) bond motifs is 1. The molecule has 0 atom stereocenters. The third-order valence-corrected chi connectivity index (χ3v) is 7.39. The fourth-order valence-corrected chi connectivity index (χ4v) is 5.32. The first-order valence-electron chi connectivity index (χ1n) is 13.0. The van der Waals surface area contributed by atoms with Crippen molar-refractivity contribution in [1.82, 2.24) is 15.3 Å². The summed E-state index contributed by atoms with van der Waals surface area (Å²) in [5.41, 5.74) is 3.05. The van der Waals surface area contributed by atoms with Crippen LogP contribution in [0, 0.1) is 0 Å². The third kappa shape index (κ3) is 6.17. The zero-order chi connectivity index (χ0) is 27.9. The van der Waals surface area contributed by atoms with Crippen molar-refractivity contribution in [3.8, 4) is 11.5 Å². The predicted octanol–water partition coefficient (Wildman–Crippen LogP) is 2.41. The number of rotatable bonds is 12. The van der Waals surface area contributed by atoms with Gasteiger partial charge < -0.3 is 34.5 Å². The normalized spacial score (nSPS) is 14.8. The molecule has 13 heteroatoms. The van der Waals surface area contributed by atoms with E-state index in [9.17, 15) is 9.59 Å². The summed E-state index contributed by atoms with van der Waals surface area (Å²) in [6, 6.07) is 5.40. The molecule has 2 N–H and O–H groups in total. The Kier molecular flexibility index (Phi) is 9.06. The maximum atomic E-state index is 13.4. The minimum atomic E-state index is -0.362. The molecule has 5 rings (SSSR count). The fraction of sp³-hybridized carbons (Fsp3) is 0.407. The van der Waals surface area contributed by atoms with Crippen molar-refractivity contribution in [1.29, 1.82) is 0 Å². The van der Waals surface area contributed by atoms with Gasteiger partial charge in [-0.05, 0) is 23.8 Å². The van der Waals surface area contributed by atoms with Gasteiger partial charge in [0.05, 0.1) is 37.3 Å². The minimum Gasteiger partial charge on any atom is -0.487 e. The number of benzene rings is 1. The highest BCUT2D eigenvalue weighted by Crippen LogP contribution is 2.38. The number of carbonyl (C=O) groups excluding carboxylic acids is 2. The molecule has 1 saturated heterocycles. The highest BCUT2D eigenvalue weighted by Gasteiger charge is 2.33. The van der Waals surface area contributed by atoms with E-state index >= 15 is 0 Å². The molecule has 4 heterocycles. The summed E-state index contributed by atoms with van der Waals surface area (Å²) in [6.45, 7) is 5.19. The number of ether oxygens (including phenoxy) is 4. The number of hydrogen-bond acceptors (Lipinski definition) is 11. The van der Waals surface area contributed by atoms with Crippen LogP contribution in [-0.4, -0.2) is 88.6 Å². The van der Waals surface area contributed by atoms with Crippen LogP contribution < -0.4 is 29.9 Å². The average Bonchev–Trinajstić information content (AvgIpc) is 3.59. The predicted molar refractivity (Wildman–Crippen MR) is 151 cm³/mol. The molecule has 0 saturated carbocycles. The van der Waals surface area contributed by atoms with E-state index in [0.717, 1.165) is 37.4 Å². The van der Waals surface area contributed by atoms with E-state index in [1.165, 1.54) is 11.3 Å². The lowest BCUT2D eigenvalue weighted by atomic mass is 10.1. The number of hydrogen-bond donors (Lipinski definition) is 2. The number of anilines is 3. The fourth-order valence-electron chi connectivity index (χ4n) is 4.51. The van der Waals surface area contributed by atoms with Gasteiger partial charge in [-0.1, -0.05) is 0 Å². The molecule has 0 spiro atoms. The van der Waals surface area contributed by atoms with Crippen LogP contribution in [0.5, 0.6) is 11.5 Å². The number of thiazole rings is 1. The number of piperazine rings is 1. The van der Waals surface area contributed by atoms with Gasteiger partial charge in [-0.3, -0.25) is 19.5 Å². The van der Waals surface area contributed by atoms with Crippen molar-refractivity contribution in [2.75, 3.05) is 81.9 Å². The standard InChI is InChI=1S/C27H32N6O6S/c1-36-9-11-38-23-13-18-16-33(26(35)19(18)14-24(23)39-12-10-37-2)27-31-21(17-40-27)25(34)30-20-15-29-4-3-22(20)32-7-5-28-6-8-32/h3-4,13-15,17,28H,5-12,16H2,1-2H3,(H,30,34). The maximum absolute atomic E-state index is 13.4. The molecule has 1 aromatic carbocycles. The van der Waals surface area contributed by atoms with Crippen molar-refractivity contribution < 1.29 is 28.5 Å². The Morgan fingerprint density at radius 3 is 2.52 bits per heavy atom. The van der Waals surface area contributed by atoms with Crippen molar-refractivity contribution in [3.63, 3.8) is 0 Å². The summed E-state index contributed by atoms with van der Waals surface area (Å²) in [5.74, 6) is 0.402. The van der Waals surface area contributed by atoms with Crippen molar-refractivity contribution in [2.24, 2.45) is 0 Å². The zero-order valence-electron chi connectivity index (χ0n) is 22.5. The SMILES string of the molecule is COCCOc1cc2c(cc1OCCOC)C(=O)N(c1nc(C(=O)Nc3cnccc3N3CCNCC3)cs1)C2. The summed E-state index contributed by atoms with van der Waals surface area (Å²) in [7, 11) is 3.19. The highest BCUT2D eigenvalue weighted by atomic mass is 32.1. The van der Waals surface area contributed by atoms with E-state index in [0.29, 0.717) is 60.9 Å². The molecular formula is C27H32N6O6S. The molecule has 12 nitrogen and oxygen atoms in total. The van der Waals surface area contributed by atoms with Crippen LogP contribution >= 0.6 is 11.3 Å². The number of carbonyl (C=O) groups is 2. The molecule has 2 aromatic heterocycles. The van der Waals surface area contributed by atoms with Gasteiger partial charge in [0.2, 0.25) is 0 Å². The molecule has 40 heavy (non-hydrogen) atoms. The first-order chi connectivity index (χ1) is 19.6. The van der Waals surface area contributed by atoms with Crippen LogP contribution in [0.2, 0.25) is 0 Å². The molecule has 1 fully saturated rings. The lowest BCUT2D eigenvalue weighted by Gasteiger charge is -2.30. The van der Waals surface area contributed by atoms with Gasteiger partial charge in [-0.15, -0.1) is 11.3 Å². The molecule has 2 amide bonds. The second-order valence-corrected chi connectivity index (χ2v) is 9.97. The minimum absolute atomic E-state index is 0.218. The van der Waals surface area contributed by atoms with E-state index in [2.05, 4.69) is 25.5 Å². The highest BCUT2D eigenvalue weighted by molar-refractivity contribution is 7.14. The van der Waals surface area contributed by atoms with Gasteiger partial charge in [0.25, 0.3) is 11.8 Å². The molecule has 0 radical (unpaired) electrons. The van der Waals surface area contributed by atoms with Crippen LogP contribution in [0.1, 0.15) is 26.4 Å². The molecule has 2 aliphatic rings. The second-order valence-electron chi connectivity index (χ2n) is 9.13. The Hall–Kier alpha value is -3.78. The van der Waals surface area contributed by atoms with E-state index < -0.39 is 0 Å². The first kappa shape index (κ1) is 27.8. The molecule has 0 bridgehead atoms. The summed E-state index contributed by atoms with van der Waals surface area (Å²) >= 11 is 1.24. The van der Waals surface area contributed by atoms with E-state index in [1.54, 1.807) is 43.0 Å². The molecular weight excluding hydrogens is 536 g/mol. The van der Waals surface area contributed by atoms with Crippen LogP contribution in [0.25, 0.3) is 0 Å². The quantitative estimate of drug-likeness (QED) is 0.315. The Morgan fingerprint density at radius 2 is 1.80 bits per heavy atom. The summed E-state index contributed by atoms with van der Waals surface area (Å²) in [4.78, 5) is 39.0. The Bertz CT molecular complexity index is 1340. The van der Waals surface area contributed by atoms with E-state index in [1.807, 2.05) is 12.1 Å². The van der Waals surface area contributed by atoms with Crippen LogP contribution in [0.4, 0.5) is 16.5 Å². The lowest BCUT2D eigenvalue weighted by Crippen LogP contribution is -2.43. The largest absolute Gasteiger partial charge is 0.487 e. The van der Waals surface area contributed by atoms with Gasteiger partial charge in [0.15, 0.2) is 16.6 Å². The maximum Gasteiger partial charge on any atom is 0.275 e. The average molecular weight is 569 g/mol. The molecule has 0 unspecified atom stereocenters. The van der Waals surface area contributed by atoms with Gasteiger partial charge in [0.1, 0.15) is 18.9 Å². The molecule has 2 aliphatic heterocycles. The van der Waals surface area contributed by atoms with Gasteiger partial charge in [-0.25, -0.2) is 4.98 Å². The van der Waals surface area contributed by atoms with Crippen molar-refractivity contribution >= 4 is 39.7 Å². The number of nitrogens with zero attached hydrogens (tertiary/aromatic N) is 4. The monoisotopic (exact) mass is 568 g/mol. The molecule has 212 valence electrons. The van der Waals surface area contributed by atoms with Gasteiger partial charge >= 0.3 is 0 Å². The smallest absolute Gasteiger partial charge is 0.275 e. The summed E-state index contributed by atoms with van der Waals surface area (Å²) in [5, 5.41) is 8.36.